The van der Waals surface area contributed by atoms with E-state index in [9.17, 15) is 14.4 Å². The number of benzene rings is 1. The Hall–Kier alpha value is -2.57. The summed E-state index contributed by atoms with van der Waals surface area (Å²) in [5.41, 5.74) is 6.65. The Kier molecular flexibility index (Phi) is 6.19. The summed E-state index contributed by atoms with van der Waals surface area (Å²) in [6.07, 6.45) is 0.732. The van der Waals surface area contributed by atoms with Crippen molar-refractivity contribution in [3.8, 4) is 0 Å². The van der Waals surface area contributed by atoms with Crippen LogP contribution in [0.15, 0.2) is 24.3 Å². The maximum absolute atomic E-state index is 11.7. The van der Waals surface area contributed by atoms with E-state index in [-0.39, 0.29) is 12.8 Å². The molecule has 1 rings (SSSR count). The van der Waals surface area contributed by atoms with Gasteiger partial charge in [0.1, 0.15) is 6.04 Å². The van der Waals surface area contributed by atoms with Crippen LogP contribution in [0.1, 0.15) is 25.3 Å². The Morgan fingerprint density at radius 1 is 1.24 bits per heavy atom. The van der Waals surface area contributed by atoms with Crippen LogP contribution in [-0.2, 0) is 16.0 Å². The van der Waals surface area contributed by atoms with E-state index in [1.165, 1.54) is 0 Å². The zero-order valence-corrected chi connectivity index (χ0v) is 11.8. The molecule has 3 amide bonds. The molecular weight excluding hydrogens is 274 g/mol. The summed E-state index contributed by atoms with van der Waals surface area (Å²) < 4.78 is 0. The van der Waals surface area contributed by atoms with Gasteiger partial charge in [0.25, 0.3) is 0 Å². The van der Waals surface area contributed by atoms with E-state index in [0.29, 0.717) is 5.69 Å². The number of hydrogen-bond acceptors (Lipinski definition) is 3. The van der Waals surface area contributed by atoms with Crippen LogP contribution in [0.3, 0.4) is 0 Å². The average Bonchev–Trinajstić information content (AvgIpc) is 2.43. The van der Waals surface area contributed by atoms with Gasteiger partial charge in [-0.2, -0.15) is 0 Å². The predicted molar refractivity (Wildman–Crippen MR) is 77.8 cm³/mol. The van der Waals surface area contributed by atoms with Crippen LogP contribution in [-0.4, -0.2) is 29.1 Å². The molecule has 0 aliphatic carbocycles. The van der Waals surface area contributed by atoms with Gasteiger partial charge in [0.05, 0.1) is 0 Å². The molecule has 0 fully saturated rings. The first-order chi connectivity index (χ1) is 9.92. The second-order valence-corrected chi connectivity index (χ2v) is 4.54. The van der Waals surface area contributed by atoms with Crippen LogP contribution in [0.4, 0.5) is 10.5 Å². The van der Waals surface area contributed by atoms with E-state index in [2.05, 4.69) is 10.6 Å². The van der Waals surface area contributed by atoms with Gasteiger partial charge in [0.2, 0.25) is 5.91 Å². The van der Waals surface area contributed by atoms with Crippen LogP contribution < -0.4 is 16.4 Å². The van der Waals surface area contributed by atoms with Gasteiger partial charge in [-0.1, -0.05) is 19.1 Å². The maximum Gasteiger partial charge on any atom is 0.326 e. The van der Waals surface area contributed by atoms with Crippen molar-refractivity contribution >= 4 is 23.6 Å². The highest BCUT2D eigenvalue weighted by molar-refractivity contribution is 5.92. The van der Waals surface area contributed by atoms with E-state index in [0.717, 1.165) is 12.0 Å². The van der Waals surface area contributed by atoms with Crippen LogP contribution in [0, 0.1) is 0 Å². The normalized spacial score (nSPS) is 11.5. The molecular formula is C14H19N3O4. The summed E-state index contributed by atoms with van der Waals surface area (Å²) >= 11 is 0. The van der Waals surface area contributed by atoms with Gasteiger partial charge < -0.3 is 21.5 Å². The molecule has 0 saturated heterocycles. The summed E-state index contributed by atoms with van der Waals surface area (Å²) in [6.45, 7) is 2.02. The highest BCUT2D eigenvalue weighted by atomic mass is 16.4. The van der Waals surface area contributed by atoms with E-state index in [1.807, 2.05) is 19.1 Å². The smallest absolute Gasteiger partial charge is 0.326 e. The maximum atomic E-state index is 11.7. The molecule has 0 aliphatic heterocycles. The molecule has 0 heterocycles. The third-order valence-corrected chi connectivity index (χ3v) is 2.90. The lowest BCUT2D eigenvalue weighted by Crippen LogP contribution is -2.43. The summed E-state index contributed by atoms with van der Waals surface area (Å²) in [7, 11) is 0. The van der Waals surface area contributed by atoms with Gasteiger partial charge in [-0.15, -0.1) is 0 Å². The lowest BCUT2D eigenvalue weighted by Gasteiger charge is -2.14. The second-order valence-electron chi connectivity index (χ2n) is 4.54. The van der Waals surface area contributed by atoms with Crippen LogP contribution in [0.5, 0.6) is 0 Å². The number of nitrogens with one attached hydrogen (secondary N) is 2. The number of amides is 3. The molecule has 114 valence electrons. The molecule has 1 atom stereocenters. The first kappa shape index (κ1) is 16.5. The molecule has 0 spiro atoms. The molecule has 1 aromatic carbocycles. The Labute approximate surface area is 122 Å². The molecule has 0 bridgehead atoms. The van der Waals surface area contributed by atoms with Crippen molar-refractivity contribution in [1.82, 2.24) is 5.32 Å². The molecule has 0 saturated carbocycles. The van der Waals surface area contributed by atoms with E-state index >= 15 is 0 Å². The van der Waals surface area contributed by atoms with Crippen molar-refractivity contribution in [3.05, 3.63) is 29.8 Å². The van der Waals surface area contributed by atoms with Crippen molar-refractivity contribution in [2.24, 2.45) is 5.73 Å². The number of carboxylic acid groups (broad SMARTS) is 1. The van der Waals surface area contributed by atoms with Crippen LogP contribution in [0.2, 0.25) is 0 Å². The van der Waals surface area contributed by atoms with Crippen molar-refractivity contribution in [1.29, 1.82) is 0 Å². The highest BCUT2D eigenvalue weighted by Gasteiger charge is 2.20. The zero-order valence-electron chi connectivity index (χ0n) is 11.8. The number of anilines is 1. The third kappa shape index (κ3) is 5.94. The van der Waals surface area contributed by atoms with Gasteiger partial charge in [-0.25, -0.2) is 9.59 Å². The fraction of sp³-hybridized carbons (Fsp3) is 0.357. The molecule has 1 aromatic rings. The number of aliphatic carboxylic acids is 1. The van der Waals surface area contributed by atoms with Gasteiger partial charge in [-0.3, -0.25) is 4.79 Å². The minimum absolute atomic E-state index is 0.0488. The van der Waals surface area contributed by atoms with Crippen molar-refractivity contribution in [2.45, 2.75) is 32.2 Å². The summed E-state index contributed by atoms with van der Waals surface area (Å²) in [5.74, 6) is -1.83. The first-order valence-corrected chi connectivity index (χ1v) is 6.60. The Morgan fingerprint density at radius 3 is 2.33 bits per heavy atom. The number of carbonyl (C=O) groups is 3. The summed E-state index contributed by atoms with van der Waals surface area (Å²) in [5, 5.41) is 13.8. The molecule has 5 N–H and O–H groups in total. The van der Waals surface area contributed by atoms with Gasteiger partial charge in [0, 0.05) is 12.1 Å². The minimum atomic E-state index is -1.22. The van der Waals surface area contributed by atoms with Crippen LogP contribution >= 0.6 is 0 Å². The SMILES string of the molecule is CCc1ccc(NC(=O)N[C@H](CCC(N)=O)C(=O)O)cc1. The first-order valence-electron chi connectivity index (χ1n) is 6.60. The molecule has 7 nitrogen and oxygen atoms in total. The Bertz CT molecular complexity index is 513. The van der Waals surface area contributed by atoms with Crippen molar-refractivity contribution < 1.29 is 19.5 Å². The molecule has 7 heteroatoms. The van der Waals surface area contributed by atoms with Gasteiger partial charge in [-0.05, 0) is 30.5 Å². The van der Waals surface area contributed by atoms with E-state index in [4.69, 9.17) is 10.8 Å². The monoisotopic (exact) mass is 293 g/mol. The number of nitrogens with two attached hydrogens (primary N) is 1. The van der Waals surface area contributed by atoms with Crippen molar-refractivity contribution in [3.63, 3.8) is 0 Å². The number of carboxylic acids is 1. The number of hydrogen-bond donors (Lipinski definition) is 4. The fourth-order valence-corrected chi connectivity index (χ4v) is 1.69. The van der Waals surface area contributed by atoms with E-state index in [1.54, 1.807) is 12.1 Å². The Balaban J connectivity index is 2.56. The van der Waals surface area contributed by atoms with Gasteiger partial charge >= 0.3 is 12.0 Å². The standard InChI is InChI=1S/C14H19N3O4/c1-2-9-3-5-10(6-4-9)16-14(21)17-11(13(19)20)7-8-12(15)18/h3-6,11H,2,7-8H2,1H3,(H2,15,18)(H,19,20)(H2,16,17,21)/t11-/m1/s1. The molecule has 0 aliphatic rings. The Morgan fingerprint density at radius 2 is 1.86 bits per heavy atom. The number of urea groups is 1. The van der Waals surface area contributed by atoms with Crippen LogP contribution in [0.25, 0.3) is 0 Å². The van der Waals surface area contributed by atoms with Crippen molar-refractivity contribution in [2.75, 3.05) is 5.32 Å². The lowest BCUT2D eigenvalue weighted by molar-refractivity contribution is -0.139. The summed E-state index contributed by atoms with van der Waals surface area (Å²) in [6, 6.07) is 5.41. The summed E-state index contributed by atoms with van der Waals surface area (Å²) in [4.78, 5) is 33.4. The minimum Gasteiger partial charge on any atom is -0.480 e. The van der Waals surface area contributed by atoms with Gasteiger partial charge in [0.15, 0.2) is 0 Å². The number of primary amides is 1. The second kappa shape index (κ2) is 7.88. The zero-order chi connectivity index (χ0) is 15.8. The largest absolute Gasteiger partial charge is 0.480 e. The number of aryl methyl sites for hydroxylation is 1. The fourth-order valence-electron chi connectivity index (χ4n) is 1.69. The molecule has 0 unspecified atom stereocenters. The quantitative estimate of drug-likeness (QED) is 0.601. The topological polar surface area (TPSA) is 122 Å². The van der Waals surface area contributed by atoms with E-state index < -0.39 is 23.9 Å². The average molecular weight is 293 g/mol. The molecule has 0 aromatic heterocycles. The third-order valence-electron chi connectivity index (χ3n) is 2.90. The number of rotatable bonds is 7. The number of carbonyl (C=O) groups excluding carboxylic acids is 2. The molecule has 0 radical (unpaired) electrons. The lowest BCUT2D eigenvalue weighted by atomic mass is 10.1. The highest BCUT2D eigenvalue weighted by Crippen LogP contribution is 2.10. The molecule has 21 heavy (non-hydrogen) atoms. The predicted octanol–water partition coefficient (Wildman–Crippen LogP) is 1.09.